The van der Waals surface area contributed by atoms with E-state index in [1.54, 1.807) is 26.2 Å². The van der Waals surface area contributed by atoms with Crippen LogP contribution in [0.2, 0.25) is 5.02 Å². The smallest absolute Gasteiger partial charge is 0.293 e. The van der Waals surface area contributed by atoms with Gasteiger partial charge in [0.25, 0.3) is 11.6 Å². The summed E-state index contributed by atoms with van der Waals surface area (Å²) in [5.74, 6) is -0.413. The maximum Gasteiger partial charge on any atom is 0.293 e. The van der Waals surface area contributed by atoms with Crippen LogP contribution in [0.15, 0.2) is 42.5 Å². The quantitative estimate of drug-likeness (QED) is 0.414. The van der Waals surface area contributed by atoms with E-state index in [2.05, 4.69) is 10.6 Å². The van der Waals surface area contributed by atoms with E-state index in [4.69, 9.17) is 16.3 Å². The van der Waals surface area contributed by atoms with Gasteiger partial charge < -0.3 is 15.4 Å². The molecule has 0 aliphatic carbocycles. The van der Waals surface area contributed by atoms with E-state index in [9.17, 15) is 14.9 Å². The van der Waals surface area contributed by atoms with Crippen LogP contribution < -0.4 is 10.6 Å². The van der Waals surface area contributed by atoms with Crippen LogP contribution in [0.3, 0.4) is 0 Å². The zero-order chi connectivity index (χ0) is 19.1. The molecule has 0 saturated heterocycles. The topological polar surface area (TPSA) is 93.5 Å². The molecule has 2 N–H and O–H groups in total. The summed E-state index contributed by atoms with van der Waals surface area (Å²) in [4.78, 5) is 23.2. The average Bonchev–Trinajstić information content (AvgIpc) is 2.62. The summed E-state index contributed by atoms with van der Waals surface area (Å²) in [7, 11) is 1.55. The molecule has 2 aromatic carbocycles. The number of benzene rings is 2. The highest BCUT2D eigenvalue weighted by Crippen LogP contribution is 2.26. The molecular formula is C18H20ClN3O4. The predicted molar refractivity (Wildman–Crippen MR) is 101 cm³/mol. The number of nitro benzene ring substituents is 1. The van der Waals surface area contributed by atoms with E-state index in [0.29, 0.717) is 23.9 Å². The van der Waals surface area contributed by atoms with Gasteiger partial charge in [-0.2, -0.15) is 0 Å². The molecule has 7 nitrogen and oxygen atoms in total. The van der Waals surface area contributed by atoms with Gasteiger partial charge in [-0.15, -0.1) is 0 Å². The fourth-order valence-corrected chi connectivity index (χ4v) is 2.74. The van der Waals surface area contributed by atoms with E-state index < -0.39 is 10.8 Å². The van der Waals surface area contributed by atoms with Crippen molar-refractivity contribution in [2.24, 2.45) is 0 Å². The van der Waals surface area contributed by atoms with Gasteiger partial charge in [-0.3, -0.25) is 14.9 Å². The molecule has 0 radical (unpaired) electrons. The molecule has 138 valence electrons. The summed E-state index contributed by atoms with van der Waals surface area (Å²) in [6.45, 7) is 2.63. The van der Waals surface area contributed by atoms with Gasteiger partial charge in [0.2, 0.25) is 0 Å². The zero-order valence-corrected chi connectivity index (χ0v) is 15.2. The third kappa shape index (κ3) is 4.93. The Bertz CT molecular complexity index is 798. The van der Waals surface area contributed by atoms with Gasteiger partial charge in [-0.1, -0.05) is 29.8 Å². The largest absolute Gasteiger partial charge is 0.383 e. The van der Waals surface area contributed by atoms with Crippen molar-refractivity contribution in [2.45, 2.75) is 13.0 Å². The van der Waals surface area contributed by atoms with E-state index in [1.165, 1.54) is 18.2 Å². The molecule has 2 rings (SSSR count). The van der Waals surface area contributed by atoms with Gasteiger partial charge in [-0.25, -0.2) is 0 Å². The fourth-order valence-electron chi connectivity index (χ4n) is 2.45. The van der Waals surface area contributed by atoms with Gasteiger partial charge in [0.05, 0.1) is 17.6 Å². The zero-order valence-electron chi connectivity index (χ0n) is 14.5. The first-order valence-corrected chi connectivity index (χ1v) is 8.38. The molecule has 0 bridgehead atoms. The fraction of sp³-hybridized carbons (Fsp3) is 0.278. The number of nitro groups is 1. The van der Waals surface area contributed by atoms with Crippen LogP contribution in [0.1, 0.15) is 28.9 Å². The molecule has 0 fully saturated rings. The molecule has 0 heterocycles. The van der Waals surface area contributed by atoms with Crippen LogP contribution in [0.25, 0.3) is 0 Å². The Hall–Kier alpha value is -2.64. The molecule has 0 spiro atoms. The van der Waals surface area contributed by atoms with Crippen LogP contribution in [0.5, 0.6) is 0 Å². The van der Waals surface area contributed by atoms with Crippen molar-refractivity contribution < 1.29 is 14.5 Å². The molecule has 0 aliphatic rings. The number of nitrogens with zero attached hydrogens (tertiary/aromatic N) is 1. The predicted octanol–water partition coefficient (Wildman–Crippen LogP) is 3.80. The number of carbonyl (C=O) groups is 1. The van der Waals surface area contributed by atoms with Crippen LogP contribution in [-0.4, -0.2) is 31.1 Å². The van der Waals surface area contributed by atoms with Gasteiger partial charge >= 0.3 is 0 Å². The van der Waals surface area contributed by atoms with E-state index in [-0.39, 0.29) is 17.3 Å². The number of amides is 1. The lowest BCUT2D eigenvalue weighted by molar-refractivity contribution is -0.384. The Kier molecular flexibility index (Phi) is 6.94. The van der Waals surface area contributed by atoms with Crippen LogP contribution in [0.4, 0.5) is 11.4 Å². The Morgan fingerprint density at radius 3 is 2.69 bits per heavy atom. The maximum atomic E-state index is 12.5. The molecular weight excluding hydrogens is 358 g/mol. The van der Waals surface area contributed by atoms with Crippen LogP contribution in [0, 0.1) is 10.1 Å². The van der Waals surface area contributed by atoms with Gasteiger partial charge in [-0.05, 0) is 30.7 Å². The van der Waals surface area contributed by atoms with Crippen molar-refractivity contribution in [3.8, 4) is 0 Å². The lowest BCUT2D eigenvalue weighted by Gasteiger charge is -2.16. The normalized spacial score (nSPS) is 11.7. The molecule has 8 heteroatoms. The van der Waals surface area contributed by atoms with Crippen LogP contribution in [-0.2, 0) is 4.74 Å². The number of anilines is 1. The Balaban J connectivity index is 2.17. The number of hydrogen-bond acceptors (Lipinski definition) is 5. The van der Waals surface area contributed by atoms with Gasteiger partial charge in [0.1, 0.15) is 5.69 Å². The highest BCUT2D eigenvalue weighted by molar-refractivity contribution is 6.31. The number of ether oxygens (including phenoxy) is 1. The minimum absolute atomic E-state index is 0.167. The van der Waals surface area contributed by atoms with Crippen molar-refractivity contribution >= 4 is 28.9 Å². The molecule has 26 heavy (non-hydrogen) atoms. The van der Waals surface area contributed by atoms with E-state index in [1.807, 2.05) is 12.1 Å². The van der Waals surface area contributed by atoms with Gasteiger partial charge in [0.15, 0.2) is 0 Å². The monoisotopic (exact) mass is 377 g/mol. The first-order chi connectivity index (χ1) is 12.4. The average molecular weight is 378 g/mol. The highest BCUT2D eigenvalue weighted by Gasteiger charge is 2.19. The number of hydrogen-bond donors (Lipinski definition) is 2. The third-order valence-electron chi connectivity index (χ3n) is 3.80. The standard InChI is InChI=1S/C18H20ClN3O4/c1-12(14-5-3-4-6-15(14)19)21-18(23)13-7-8-16(20-9-10-26-2)17(11-13)22(24)25/h3-8,11-12,20H,9-10H2,1-2H3,(H,21,23). The molecule has 0 aromatic heterocycles. The number of rotatable bonds is 8. The third-order valence-corrected chi connectivity index (χ3v) is 4.14. The second kappa shape index (κ2) is 9.17. The summed E-state index contributed by atoms with van der Waals surface area (Å²) in [5, 5.41) is 17.6. The van der Waals surface area contributed by atoms with E-state index in [0.717, 1.165) is 5.56 Å². The molecule has 1 atom stereocenters. The van der Waals surface area contributed by atoms with Crippen molar-refractivity contribution in [3.05, 3.63) is 68.7 Å². The van der Waals surface area contributed by atoms with Crippen LogP contribution >= 0.6 is 11.6 Å². The molecule has 1 unspecified atom stereocenters. The van der Waals surface area contributed by atoms with Gasteiger partial charge in [0, 0.05) is 30.3 Å². The first-order valence-electron chi connectivity index (χ1n) is 8.00. The van der Waals surface area contributed by atoms with Crippen molar-refractivity contribution in [1.82, 2.24) is 5.32 Å². The summed E-state index contributed by atoms with van der Waals surface area (Å²) >= 11 is 6.14. The molecule has 1 amide bonds. The number of halogens is 1. The molecule has 2 aromatic rings. The Morgan fingerprint density at radius 2 is 2.04 bits per heavy atom. The number of nitrogens with one attached hydrogen (secondary N) is 2. The maximum absolute atomic E-state index is 12.5. The van der Waals surface area contributed by atoms with E-state index >= 15 is 0 Å². The summed E-state index contributed by atoms with van der Waals surface area (Å²) in [6, 6.07) is 11.2. The lowest BCUT2D eigenvalue weighted by Crippen LogP contribution is -2.27. The Labute approximate surface area is 156 Å². The second-order valence-corrected chi connectivity index (χ2v) is 6.03. The van der Waals surface area contributed by atoms with Crippen molar-refractivity contribution in [3.63, 3.8) is 0 Å². The number of methoxy groups -OCH3 is 1. The minimum Gasteiger partial charge on any atom is -0.383 e. The SMILES string of the molecule is COCCNc1ccc(C(=O)NC(C)c2ccccc2Cl)cc1[N+](=O)[O-]. The van der Waals surface area contributed by atoms with Crippen molar-refractivity contribution in [1.29, 1.82) is 0 Å². The minimum atomic E-state index is -0.524. The molecule has 0 saturated carbocycles. The molecule has 0 aliphatic heterocycles. The van der Waals surface area contributed by atoms with Crippen molar-refractivity contribution in [2.75, 3.05) is 25.6 Å². The highest BCUT2D eigenvalue weighted by atomic mass is 35.5. The summed E-state index contributed by atoms with van der Waals surface area (Å²) < 4.78 is 4.91. The number of carbonyl (C=O) groups excluding carboxylic acids is 1. The first kappa shape index (κ1) is 19.7. The Morgan fingerprint density at radius 1 is 1.31 bits per heavy atom. The summed E-state index contributed by atoms with van der Waals surface area (Å²) in [5.41, 5.74) is 1.14. The lowest BCUT2D eigenvalue weighted by atomic mass is 10.1. The second-order valence-electron chi connectivity index (χ2n) is 5.63. The summed E-state index contributed by atoms with van der Waals surface area (Å²) in [6.07, 6.45) is 0.